The van der Waals surface area contributed by atoms with Gasteiger partial charge in [0.15, 0.2) is 11.5 Å². The maximum Gasteiger partial charge on any atom is 0.254 e. The first-order valence-corrected chi connectivity index (χ1v) is 6.85. The van der Waals surface area contributed by atoms with Crippen molar-refractivity contribution in [3.63, 3.8) is 0 Å². The summed E-state index contributed by atoms with van der Waals surface area (Å²) in [5, 5.41) is 11.1. The number of nitrogens with zero attached hydrogens (tertiary/aromatic N) is 1. The third-order valence-corrected chi connectivity index (χ3v) is 3.70. The second kappa shape index (κ2) is 6.55. The van der Waals surface area contributed by atoms with Crippen LogP contribution in [0.4, 0.5) is 0 Å². The zero-order chi connectivity index (χ0) is 16.3. The largest absolute Gasteiger partial charge is 0.548 e. The highest BCUT2D eigenvalue weighted by Gasteiger charge is 2.31. The van der Waals surface area contributed by atoms with Crippen LogP contribution in [-0.2, 0) is 4.79 Å². The molecule has 0 radical (unpaired) electrons. The van der Waals surface area contributed by atoms with Crippen molar-refractivity contribution < 1.29 is 28.9 Å². The molecule has 7 heteroatoms. The van der Waals surface area contributed by atoms with Gasteiger partial charge in [-0.1, -0.05) is 0 Å². The fraction of sp³-hybridized carbons (Fsp3) is 0.467. The first kappa shape index (κ1) is 15.9. The van der Waals surface area contributed by atoms with E-state index in [-0.39, 0.29) is 5.56 Å². The molecule has 1 aromatic rings. The molecule has 120 valence electrons. The molecule has 1 amide bonds. The number of carboxylic acid groups (broad SMARTS) is 1. The van der Waals surface area contributed by atoms with Crippen LogP contribution in [0, 0.1) is 0 Å². The van der Waals surface area contributed by atoms with Gasteiger partial charge in [-0.25, -0.2) is 0 Å². The normalized spacial score (nSPS) is 17.2. The summed E-state index contributed by atoms with van der Waals surface area (Å²) >= 11 is 0. The Labute approximate surface area is 128 Å². The van der Waals surface area contributed by atoms with E-state index in [1.165, 1.54) is 38.4 Å². The van der Waals surface area contributed by atoms with Crippen LogP contribution in [0.25, 0.3) is 0 Å². The van der Waals surface area contributed by atoms with Gasteiger partial charge in [0, 0.05) is 12.1 Å². The lowest BCUT2D eigenvalue weighted by Crippen LogP contribution is -2.47. The van der Waals surface area contributed by atoms with Crippen molar-refractivity contribution in [2.24, 2.45) is 0 Å². The molecular formula is C15H18NO6-. The van der Waals surface area contributed by atoms with E-state index < -0.39 is 17.9 Å². The van der Waals surface area contributed by atoms with Gasteiger partial charge in [-0.3, -0.25) is 4.79 Å². The highest BCUT2D eigenvalue weighted by atomic mass is 16.5. The van der Waals surface area contributed by atoms with Crippen LogP contribution >= 0.6 is 0 Å². The summed E-state index contributed by atoms with van der Waals surface area (Å²) in [6.07, 6.45) is 1.04. The fourth-order valence-corrected chi connectivity index (χ4v) is 2.63. The number of benzene rings is 1. The van der Waals surface area contributed by atoms with E-state index in [0.29, 0.717) is 36.6 Å². The minimum Gasteiger partial charge on any atom is -0.548 e. The van der Waals surface area contributed by atoms with Gasteiger partial charge < -0.3 is 29.0 Å². The van der Waals surface area contributed by atoms with E-state index in [2.05, 4.69) is 0 Å². The van der Waals surface area contributed by atoms with Crippen LogP contribution < -0.4 is 19.3 Å². The smallest absolute Gasteiger partial charge is 0.254 e. The molecule has 1 atom stereocenters. The van der Waals surface area contributed by atoms with Crippen LogP contribution in [0.1, 0.15) is 23.2 Å². The van der Waals surface area contributed by atoms with Gasteiger partial charge in [0.25, 0.3) is 5.91 Å². The quantitative estimate of drug-likeness (QED) is 0.764. The second-order valence-electron chi connectivity index (χ2n) is 4.89. The molecule has 0 aliphatic carbocycles. The Balaban J connectivity index is 2.39. The van der Waals surface area contributed by atoms with E-state index in [9.17, 15) is 14.7 Å². The Morgan fingerprint density at radius 3 is 2.18 bits per heavy atom. The number of carboxylic acids is 1. The molecule has 22 heavy (non-hydrogen) atoms. The molecule has 0 N–H and O–H groups in total. The zero-order valence-corrected chi connectivity index (χ0v) is 12.8. The highest BCUT2D eigenvalue weighted by molar-refractivity contribution is 5.98. The van der Waals surface area contributed by atoms with Crippen molar-refractivity contribution in [1.29, 1.82) is 0 Å². The van der Waals surface area contributed by atoms with Crippen LogP contribution in [0.3, 0.4) is 0 Å². The highest BCUT2D eigenvalue weighted by Crippen LogP contribution is 2.38. The number of aliphatic carboxylic acids is 1. The Kier molecular flexibility index (Phi) is 4.75. The Morgan fingerprint density at radius 1 is 1.14 bits per heavy atom. The Morgan fingerprint density at radius 2 is 1.73 bits per heavy atom. The number of rotatable bonds is 5. The van der Waals surface area contributed by atoms with Crippen molar-refractivity contribution in [3.05, 3.63) is 17.7 Å². The van der Waals surface area contributed by atoms with Crippen molar-refractivity contribution in [1.82, 2.24) is 4.90 Å². The molecule has 1 heterocycles. The molecule has 2 rings (SSSR count). The van der Waals surface area contributed by atoms with E-state index in [0.717, 1.165) is 0 Å². The van der Waals surface area contributed by atoms with Crippen molar-refractivity contribution >= 4 is 11.9 Å². The first-order valence-electron chi connectivity index (χ1n) is 6.85. The van der Waals surface area contributed by atoms with Crippen LogP contribution in [-0.4, -0.2) is 50.7 Å². The monoisotopic (exact) mass is 308 g/mol. The van der Waals surface area contributed by atoms with E-state index in [4.69, 9.17) is 14.2 Å². The summed E-state index contributed by atoms with van der Waals surface area (Å²) in [5.41, 5.74) is 0.280. The summed E-state index contributed by atoms with van der Waals surface area (Å²) in [5.74, 6) is -0.576. The van der Waals surface area contributed by atoms with Crippen LogP contribution in [0.15, 0.2) is 12.1 Å². The Hall–Kier alpha value is -2.44. The second-order valence-corrected chi connectivity index (χ2v) is 4.89. The number of amides is 1. The fourth-order valence-electron chi connectivity index (χ4n) is 2.63. The van der Waals surface area contributed by atoms with Gasteiger partial charge in [-0.2, -0.15) is 0 Å². The number of carbonyl (C=O) groups is 2. The maximum absolute atomic E-state index is 12.6. The van der Waals surface area contributed by atoms with E-state index in [1.807, 2.05) is 0 Å². The minimum absolute atomic E-state index is 0.280. The number of hydrogen-bond acceptors (Lipinski definition) is 6. The van der Waals surface area contributed by atoms with Crippen molar-refractivity contribution in [2.45, 2.75) is 18.9 Å². The lowest BCUT2D eigenvalue weighted by molar-refractivity contribution is -0.310. The van der Waals surface area contributed by atoms with Gasteiger partial charge in [0.1, 0.15) is 0 Å². The van der Waals surface area contributed by atoms with Crippen LogP contribution in [0.5, 0.6) is 17.2 Å². The van der Waals surface area contributed by atoms with Gasteiger partial charge >= 0.3 is 0 Å². The zero-order valence-electron chi connectivity index (χ0n) is 12.8. The average molecular weight is 308 g/mol. The molecule has 1 fully saturated rings. The maximum atomic E-state index is 12.6. The molecule has 7 nitrogen and oxygen atoms in total. The van der Waals surface area contributed by atoms with Gasteiger partial charge in [-0.15, -0.1) is 0 Å². The molecular weight excluding hydrogens is 290 g/mol. The van der Waals surface area contributed by atoms with Gasteiger partial charge in [-0.05, 0) is 25.0 Å². The summed E-state index contributed by atoms with van der Waals surface area (Å²) in [6.45, 7) is 0.383. The third kappa shape index (κ3) is 2.79. The van der Waals surface area contributed by atoms with Crippen molar-refractivity contribution in [3.8, 4) is 17.2 Å². The van der Waals surface area contributed by atoms with E-state index >= 15 is 0 Å². The van der Waals surface area contributed by atoms with Crippen molar-refractivity contribution in [2.75, 3.05) is 27.9 Å². The summed E-state index contributed by atoms with van der Waals surface area (Å²) in [7, 11) is 4.37. The molecule has 0 unspecified atom stereocenters. The predicted molar refractivity (Wildman–Crippen MR) is 75.2 cm³/mol. The summed E-state index contributed by atoms with van der Waals surface area (Å²) in [4.78, 5) is 25.0. The molecule has 1 aliphatic heterocycles. The SMILES string of the molecule is COc1cc(C(=O)N2CCC[C@@H]2C(=O)[O-])cc(OC)c1OC. The number of hydrogen-bond donors (Lipinski definition) is 0. The lowest BCUT2D eigenvalue weighted by Gasteiger charge is -2.26. The topological polar surface area (TPSA) is 88.1 Å². The molecule has 1 aromatic carbocycles. The van der Waals surface area contributed by atoms with E-state index in [1.54, 1.807) is 0 Å². The Bertz CT molecular complexity index is 560. The average Bonchev–Trinajstić information content (AvgIpc) is 3.02. The third-order valence-electron chi connectivity index (χ3n) is 3.70. The van der Waals surface area contributed by atoms with Gasteiger partial charge in [0.2, 0.25) is 5.75 Å². The summed E-state index contributed by atoms with van der Waals surface area (Å²) in [6, 6.07) is 2.12. The number of carbonyl (C=O) groups excluding carboxylic acids is 2. The number of ether oxygens (including phenoxy) is 3. The molecule has 0 bridgehead atoms. The first-order chi connectivity index (χ1) is 10.5. The summed E-state index contributed by atoms with van der Waals surface area (Å²) < 4.78 is 15.6. The van der Waals surface area contributed by atoms with Gasteiger partial charge in [0.05, 0.1) is 33.3 Å². The molecule has 1 saturated heterocycles. The molecule has 0 saturated carbocycles. The van der Waals surface area contributed by atoms with Crippen LogP contribution in [0.2, 0.25) is 0 Å². The molecule has 1 aliphatic rings. The number of likely N-dealkylation sites (tertiary alicyclic amines) is 1. The molecule has 0 spiro atoms. The predicted octanol–water partition coefficient (Wildman–Crippen LogP) is 0.0669. The molecule has 0 aromatic heterocycles. The minimum atomic E-state index is -1.24. The number of methoxy groups -OCH3 is 3. The lowest BCUT2D eigenvalue weighted by atomic mass is 10.1. The standard InChI is InChI=1S/C15H19NO6/c1-20-11-7-9(8-12(21-2)13(11)22-3)14(17)16-6-4-5-10(16)15(18)19/h7-8,10H,4-6H2,1-3H3,(H,18,19)/p-1/t10-/m1/s1.